The molecule has 2 amide bonds. The van der Waals surface area contributed by atoms with Crippen molar-refractivity contribution in [1.82, 2.24) is 4.90 Å². The van der Waals surface area contributed by atoms with E-state index >= 15 is 0 Å². The number of hydrogen-bond acceptors (Lipinski definition) is 2. The molecule has 110 valence electrons. The largest absolute Gasteiger partial charge is 0.326 e. The van der Waals surface area contributed by atoms with Crippen LogP contribution in [-0.4, -0.2) is 18.0 Å². The highest BCUT2D eigenvalue weighted by molar-refractivity contribution is 5.89. The van der Waals surface area contributed by atoms with E-state index in [-0.39, 0.29) is 11.7 Å². The SMILES string of the molecule is CN(Cc1cccc(CN)c1)C(=O)Nc1ccccc1F. The summed E-state index contributed by atoms with van der Waals surface area (Å²) in [5, 5.41) is 2.55. The Morgan fingerprint density at radius 3 is 2.62 bits per heavy atom. The number of urea groups is 1. The minimum atomic E-state index is -0.454. The number of halogens is 1. The van der Waals surface area contributed by atoms with Crippen LogP contribution in [0.1, 0.15) is 11.1 Å². The molecule has 3 N–H and O–H groups in total. The van der Waals surface area contributed by atoms with Crippen molar-refractivity contribution in [3.8, 4) is 0 Å². The summed E-state index contributed by atoms with van der Waals surface area (Å²) >= 11 is 0. The second-order valence-corrected chi connectivity index (χ2v) is 4.79. The molecule has 2 aromatic carbocycles. The van der Waals surface area contributed by atoms with E-state index in [9.17, 15) is 9.18 Å². The Morgan fingerprint density at radius 1 is 1.19 bits per heavy atom. The number of amides is 2. The molecule has 0 saturated carbocycles. The van der Waals surface area contributed by atoms with Crippen LogP contribution in [0, 0.1) is 5.82 Å². The Balaban J connectivity index is 2.01. The van der Waals surface area contributed by atoms with Gasteiger partial charge in [0, 0.05) is 20.1 Å². The average molecular weight is 287 g/mol. The summed E-state index contributed by atoms with van der Waals surface area (Å²) in [6.45, 7) is 0.882. The molecule has 0 spiro atoms. The van der Waals surface area contributed by atoms with Crippen LogP contribution in [0.15, 0.2) is 48.5 Å². The highest BCUT2D eigenvalue weighted by Gasteiger charge is 2.11. The van der Waals surface area contributed by atoms with Crippen LogP contribution >= 0.6 is 0 Å². The zero-order valence-electron chi connectivity index (χ0n) is 11.8. The van der Waals surface area contributed by atoms with Crippen LogP contribution in [0.25, 0.3) is 0 Å². The molecule has 4 nitrogen and oxygen atoms in total. The topological polar surface area (TPSA) is 58.4 Å². The monoisotopic (exact) mass is 287 g/mol. The Morgan fingerprint density at radius 2 is 1.90 bits per heavy atom. The van der Waals surface area contributed by atoms with Gasteiger partial charge in [-0.1, -0.05) is 36.4 Å². The molecule has 0 radical (unpaired) electrons. The lowest BCUT2D eigenvalue weighted by atomic mass is 10.1. The maximum absolute atomic E-state index is 13.5. The highest BCUT2D eigenvalue weighted by Crippen LogP contribution is 2.14. The van der Waals surface area contributed by atoms with Gasteiger partial charge >= 0.3 is 6.03 Å². The number of hydrogen-bond donors (Lipinski definition) is 2. The van der Waals surface area contributed by atoms with E-state index in [0.29, 0.717) is 13.1 Å². The number of rotatable bonds is 4. The van der Waals surface area contributed by atoms with Gasteiger partial charge in [0.2, 0.25) is 0 Å². The molecule has 0 aromatic heterocycles. The molecule has 0 aliphatic carbocycles. The van der Waals surface area contributed by atoms with Crippen molar-refractivity contribution in [2.75, 3.05) is 12.4 Å². The minimum Gasteiger partial charge on any atom is -0.326 e. The molecule has 21 heavy (non-hydrogen) atoms. The van der Waals surface area contributed by atoms with Crippen LogP contribution in [0.5, 0.6) is 0 Å². The van der Waals surface area contributed by atoms with Crippen LogP contribution in [0.2, 0.25) is 0 Å². The van der Waals surface area contributed by atoms with E-state index in [0.717, 1.165) is 11.1 Å². The summed E-state index contributed by atoms with van der Waals surface area (Å²) in [6.07, 6.45) is 0. The van der Waals surface area contributed by atoms with E-state index in [1.807, 2.05) is 24.3 Å². The second kappa shape index (κ2) is 6.85. The minimum absolute atomic E-state index is 0.171. The van der Waals surface area contributed by atoms with Crippen LogP contribution in [0.3, 0.4) is 0 Å². The molecule has 2 aromatic rings. The van der Waals surface area contributed by atoms with Crippen molar-refractivity contribution >= 4 is 11.7 Å². The van der Waals surface area contributed by atoms with Gasteiger partial charge in [0.1, 0.15) is 5.82 Å². The van der Waals surface area contributed by atoms with Gasteiger partial charge in [-0.05, 0) is 23.3 Å². The normalized spacial score (nSPS) is 10.2. The summed E-state index contributed by atoms with van der Waals surface area (Å²) in [7, 11) is 1.66. The maximum Gasteiger partial charge on any atom is 0.321 e. The van der Waals surface area contributed by atoms with Crippen LogP contribution in [0.4, 0.5) is 14.9 Å². The van der Waals surface area contributed by atoms with Gasteiger partial charge in [-0.15, -0.1) is 0 Å². The number of carbonyl (C=O) groups excluding carboxylic acids is 1. The molecule has 5 heteroatoms. The van der Waals surface area contributed by atoms with Gasteiger partial charge in [-0.2, -0.15) is 0 Å². The van der Waals surface area contributed by atoms with Gasteiger partial charge in [0.25, 0.3) is 0 Å². The smallest absolute Gasteiger partial charge is 0.321 e. The van der Waals surface area contributed by atoms with E-state index in [4.69, 9.17) is 5.73 Å². The number of anilines is 1. The highest BCUT2D eigenvalue weighted by atomic mass is 19.1. The van der Waals surface area contributed by atoms with Crippen molar-refractivity contribution in [2.24, 2.45) is 5.73 Å². The van der Waals surface area contributed by atoms with Crippen molar-refractivity contribution < 1.29 is 9.18 Å². The predicted molar refractivity (Wildman–Crippen MR) is 81.2 cm³/mol. The molecular formula is C16H18FN3O. The quantitative estimate of drug-likeness (QED) is 0.908. The predicted octanol–water partition coefficient (Wildman–Crippen LogP) is 2.95. The summed E-state index contributed by atoms with van der Waals surface area (Å²) in [6, 6.07) is 13.4. The van der Waals surface area contributed by atoms with Crippen molar-refractivity contribution in [3.05, 3.63) is 65.5 Å². The zero-order valence-corrected chi connectivity index (χ0v) is 11.8. The van der Waals surface area contributed by atoms with Gasteiger partial charge in [0.05, 0.1) is 5.69 Å². The van der Waals surface area contributed by atoms with Crippen molar-refractivity contribution in [1.29, 1.82) is 0 Å². The fraction of sp³-hybridized carbons (Fsp3) is 0.188. The van der Waals surface area contributed by atoms with Crippen molar-refractivity contribution in [3.63, 3.8) is 0 Å². The number of carbonyl (C=O) groups is 1. The summed E-state index contributed by atoms with van der Waals surface area (Å²) < 4.78 is 13.5. The van der Waals surface area contributed by atoms with Crippen molar-refractivity contribution in [2.45, 2.75) is 13.1 Å². The second-order valence-electron chi connectivity index (χ2n) is 4.79. The number of nitrogens with zero attached hydrogens (tertiary/aromatic N) is 1. The Labute approximate surface area is 123 Å². The first-order valence-corrected chi connectivity index (χ1v) is 6.64. The first-order valence-electron chi connectivity index (χ1n) is 6.64. The molecule has 0 bridgehead atoms. The standard InChI is InChI=1S/C16H18FN3O/c1-20(11-13-6-4-5-12(9-13)10-18)16(21)19-15-8-3-2-7-14(15)17/h2-9H,10-11,18H2,1H3,(H,19,21). The Kier molecular flexibility index (Phi) is 4.90. The molecule has 2 rings (SSSR count). The molecule has 0 aliphatic heterocycles. The first kappa shape index (κ1) is 15.0. The summed E-state index contributed by atoms with van der Waals surface area (Å²) in [5.41, 5.74) is 7.75. The molecule has 0 aliphatic rings. The number of para-hydroxylation sites is 1. The molecule has 0 fully saturated rings. The fourth-order valence-electron chi connectivity index (χ4n) is 1.97. The number of benzene rings is 2. The molecular weight excluding hydrogens is 269 g/mol. The van der Waals surface area contributed by atoms with Gasteiger partial charge in [-0.3, -0.25) is 0 Å². The van der Waals surface area contributed by atoms with Crippen LogP contribution in [-0.2, 0) is 13.1 Å². The maximum atomic E-state index is 13.5. The molecule has 0 saturated heterocycles. The van der Waals surface area contributed by atoms with E-state index < -0.39 is 5.82 Å². The van der Waals surface area contributed by atoms with Gasteiger partial charge in [-0.25, -0.2) is 9.18 Å². The Hall–Kier alpha value is -2.40. The third-order valence-electron chi connectivity index (χ3n) is 3.11. The summed E-state index contributed by atoms with van der Waals surface area (Å²) in [4.78, 5) is 13.5. The number of nitrogens with two attached hydrogens (primary N) is 1. The van der Waals surface area contributed by atoms with Crippen LogP contribution < -0.4 is 11.1 Å². The third kappa shape index (κ3) is 4.03. The third-order valence-corrected chi connectivity index (χ3v) is 3.11. The molecule has 0 atom stereocenters. The molecule has 0 unspecified atom stereocenters. The van der Waals surface area contributed by atoms with E-state index in [1.165, 1.54) is 17.0 Å². The van der Waals surface area contributed by atoms with Gasteiger partial charge < -0.3 is 16.0 Å². The summed E-state index contributed by atoms with van der Waals surface area (Å²) in [5.74, 6) is -0.454. The van der Waals surface area contributed by atoms with E-state index in [2.05, 4.69) is 5.32 Å². The fourth-order valence-corrected chi connectivity index (χ4v) is 1.97. The lowest BCUT2D eigenvalue weighted by Crippen LogP contribution is -2.31. The van der Waals surface area contributed by atoms with Gasteiger partial charge in [0.15, 0.2) is 0 Å². The number of nitrogens with one attached hydrogen (secondary N) is 1. The van der Waals surface area contributed by atoms with E-state index in [1.54, 1.807) is 19.2 Å². The lowest BCUT2D eigenvalue weighted by Gasteiger charge is -2.18. The average Bonchev–Trinajstić information content (AvgIpc) is 2.49. The zero-order chi connectivity index (χ0) is 15.2. The lowest BCUT2D eigenvalue weighted by molar-refractivity contribution is 0.220. The first-order chi connectivity index (χ1) is 10.1. The molecule has 0 heterocycles. The Bertz CT molecular complexity index is 630.